The number of hydrogen-bond acceptors (Lipinski definition) is 4. The van der Waals surface area contributed by atoms with E-state index in [9.17, 15) is 10.5 Å². The summed E-state index contributed by atoms with van der Waals surface area (Å²) in [6, 6.07) is 44.5. The predicted octanol–water partition coefficient (Wildman–Crippen LogP) is 10.2. The largest absolute Gasteiger partial charge is 0.456 e. The van der Waals surface area contributed by atoms with E-state index in [-0.39, 0.29) is 0 Å². The highest BCUT2D eigenvalue weighted by atomic mass is 16.3. The van der Waals surface area contributed by atoms with Gasteiger partial charge in [-0.05, 0) is 59.2 Å². The summed E-state index contributed by atoms with van der Waals surface area (Å²) in [5.74, 6) is 0. The Labute approximate surface area is 240 Å². The summed E-state index contributed by atoms with van der Waals surface area (Å²) < 4.78 is 12.3. The highest BCUT2D eigenvalue weighted by molar-refractivity contribution is 6.08. The van der Waals surface area contributed by atoms with Crippen LogP contribution < -0.4 is 0 Å². The monoisotopic (exact) mass is 536 g/mol. The lowest BCUT2D eigenvalue weighted by molar-refractivity contribution is 0.668. The van der Waals surface area contributed by atoms with Crippen LogP contribution in [0.2, 0.25) is 0 Å². The molecular formula is C38H20N2O2. The summed E-state index contributed by atoms with van der Waals surface area (Å²) in [5.41, 5.74) is 8.63. The van der Waals surface area contributed by atoms with Gasteiger partial charge in [0.15, 0.2) is 0 Å². The molecule has 0 saturated carbocycles. The quantitative estimate of drug-likeness (QED) is 0.225. The molecule has 0 atom stereocenters. The van der Waals surface area contributed by atoms with Crippen molar-refractivity contribution in [2.45, 2.75) is 0 Å². The summed E-state index contributed by atoms with van der Waals surface area (Å²) in [7, 11) is 0. The van der Waals surface area contributed by atoms with Crippen LogP contribution in [-0.2, 0) is 0 Å². The number of para-hydroxylation sites is 2. The zero-order valence-corrected chi connectivity index (χ0v) is 22.3. The number of furan rings is 2. The van der Waals surface area contributed by atoms with Gasteiger partial charge in [0.2, 0.25) is 0 Å². The minimum Gasteiger partial charge on any atom is -0.456 e. The highest BCUT2D eigenvalue weighted by Gasteiger charge is 2.23. The molecule has 0 unspecified atom stereocenters. The zero-order chi connectivity index (χ0) is 28.2. The lowest BCUT2D eigenvalue weighted by Gasteiger charge is -2.17. The molecule has 4 nitrogen and oxygen atoms in total. The fourth-order valence-corrected chi connectivity index (χ4v) is 6.05. The first-order valence-corrected chi connectivity index (χ1v) is 13.6. The predicted molar refractivity (Wildman–Crippen MR) is 167 cm³/mol. The summed E-state index contributed by atoms with van der Waals surface area (Å²) in [6.07, 6.45) is 0. The topological polar surface area (TPSA) is 73.9 Å². The van der Waals surface area contributed by atoms with Gasteiger partial charge in [-0.1, -0.05) is 78.9 Å². The fraction of sp³-hybridized carbons (Fsp3) is 0. The molecular weight excluding hydrogens is 516 g/mol. The van der Waals surface area contributed by atoms with Crippen LogP contribution in [-0.4, -0.2) is 0 Å². The highest BCUT2D eigenvalue weighted by Crippen LogP contribution is 2.43. The van der Waals surface area contributed by atoms with Crippen LogP contribution in [0.4, 0.5) is 0 Å². The minimum atomic E-state index is 0.439. The summed E-state index contributed by atoms with van der Waals surface area (Å²) >= 11 is 0. The van der Waals surface area contributed by atoms with E-state index in [1.165, 1.54) is 0 Å². The molecule has 2 heterocycles. The van der Waals surface area contributed by atoms with E-state index in [0.717, 1.165) is 66.1 Å². The van der Waals surface area contributed by atoms with E-state index in [0.29, 0.717) is 22.3 Å². The van der Waals surface area contributed by atoms with Crippen molar-refractivity contribution < 1.29 is 8.83 Å². The normalized spacial score (nSPS) is 11.3. The Bertz CT molecular complexity index is 2430. The van der Waals surface area contributed by atoms with Crippen molar-refractivity contribution in [2.75, 3.05) is 0 Å². The molecule has 194 valence electrons. The van der Waals surface area contributed by atoms with E-state index in [1.54, 1.807) is 0 Å². The molecule has 0 aliphatic rings. The van der Waals surface area contributed by atoms with Crippen molar-refractivity contribution in [3.05, 3.63) is 132 Å². The molecule has 6 aromatic carbocycles. The Kier molecular flexibility index (Phi) is 5.22. The van der Waals surface area contributed by atoms with Gasteiger partial charge in [0, 0.05) is 38.2 Å². The number of rotatable bonds is 3. The van der Waals surface area contributed by atoms with E-state index in [4.69, 9.17) is 8.83 Å². The summed E-state index contributed by atoms with van der Waals surface area (Å²) in [6.45, 7) is 0. The molecule has 0 fully saturated rings. The van der Waals surface area contributed by atoms with E-state index in [2.05, 4.69) is 18.2 Å². The second kappa shape index (κ2) is 9.24. The molecule has 0 N–H and O–H groups in total. The van der Waals surface area contributed by atoms with Crippen molar-refractivity contribution in [2.24, 2.45) is 0 Å². The molecule has 0 saturated heterocycles. The van der Waals surface area contributed by atoms with Gasteiger partial charge in [-0.2, -0.15) is 10.5 Å². The van der Waals surface area contributed by atoms with E-state index in [1.807, 2.05) is 115 Å². The third-order valence-electron chi connectivity index (χ3n) is 7.99. The average Bonchev–Trinajstić information content (AvgIpc) is 3.61. The van der Waals surface area contributed by atoms with Gasteiger partial charge in [0.1, 0.15) is 34.5 Å². The van der Waals surface area contributed by atoms with Crippen LogP contribution in [0.1, 0.15) is 11.1 Å². The molecule has 0 amide bonds. The molecule has 42 heavy (non-hydrogen) atoms. The number of benzene rings is 6. The fourth-order valence-electron chi connectivity index (χ4n) is 6.05. The lowest BCUT2D eigenvalue weighted by atomic mass is 9.83. The number of fused-ring (bicyclic) bond motifs is 6. The Morgan fingerprint density at radius 3 is 1.67 bits per heavy atom. The molecule has 4 heteroatoms. The molecule has 0 spiro atoms. The maximum absolute atomic E-state index is 10.7. The SMILES string of the molecule is N#Cc1c(-c2ccccc2)cc(-c2ccc3oc4ccccc4c3c2)c(C#N)c1-c1ccc2c(c1)oc1ccccc12. The molecule has 0 aliphatic heterocycles. The first-order valence-electron chi connectivity index (χ1n) is 13.6. The van der Waals surface area contributed by atoms with E-state index >= 15 is 0 Å². The molecule has 0 aliphatic carbocycles. The third-order valence-corrected chi connectivity index (χ3v) is 7.99. The minimum absolute atomic E-state index is 0.439. The van der Waals surface area contributed by atoms with Gasteiger partial charge in [-0.15, -0.1) is 0 Å². The number of nitrogens with zero attached hydrogens (tertiary/aromatic N) is 2. The van der Waals surface area contributed by atoms with Crippen LogP contribution in [0.5, 0.6) is 0 Å². The van der Waals surface area contributed by atoms with Crippen molar-refractivity contribution >= 4 is 43.9 Å². The van der Waals surface area contributed by atoms with Gasteiger partial charge in [-0.3, -0.25) is 0 Å². The Morgan fingerprint density at radius 1 is 0.405 bits per heavy atom. The molecule has 2 aromatic heterocycles. The van der Waals surface area contributed by atoms with Crippen LogP contribution in [0, 0.1) is 22.7 Å². The standard InChI is InChI=1S/C38H20N2O2/c39-21-32-29(23-8-2-1-3-9-23)20-30(24-15-17-36-31(18-24)27-11-5-7-13-35(27)41-36)33(22-40)38(32)25-14-16-28-26-10-4-6-12-34(26)42-37(28)19-25/h1-20H. The first kappa shape index (κ1) is 23.8. The van der Waals surface area contributed by atoms with Crippen LogP contribution in [0.15, 0.2) is 130 Å². The van der Waals surface area contributed by atoms with Crippen molar-refractivity contribution in [3.8, 4) is 45.5 Å². The smallest absolute Gasteiger partial charge is 0.136 e. The summed E-state index contributed by atoms with van der Waals surface area (Å²) in [4.78, 5) is 0. The van der Waals surface area contributed by atoms with Crippen molar-refractivity contribution in [3.63, 3.8) is 0 Å². The van der Waals surface area contributed by atoms with Crippen molar-refractivity contribution in [1.82, 2.24) is 0 Å². The van der Waals surface area contributed by atoms with Gasteiger partial charge in [0.05, 0.1) is 11.1 Å². The first-order chi connectivity index (χ1) is 20.7. The average molecular weight is 537 g/mol. The molecule has 8 aromatic rings. The lowest BCUT2D eigenvalue weighted by Crippen LogP contribution is -1.98. The Hall–Kier alpha value is -6.10. The van der Waals surface area contributed by atoms with Gasteiger partial charge < -0.3 is 8.83 Å². The van der Waals surface area contributed by atoms with Crippen LogP contribution in [0.25, 0.3) is 77.3 Å². The van der Waals surface area contributed by atoms with Crippen LogP contribution >= 0.6 is 0 Å². The maximum Gasteiger partial charge on any atom is 0.136 e. The number of nitriles is 2. The zero-order valence-electron chi connectivity index (χ0n) is 22.3. The second-order valence-corrected chi connectivity index (χ2v) is 10.3. The Morgan fingerprint density at radius 2 is 0.952 bits per heavy atom. The van der Waals surface area contributed by atoms with Gasteiger partial charge in [-0.25, -0.2) is 0 Å². The molecule has 8 rings (SSSR count). The van der Waals surface area contributed by atoms with Crippen LogP contribution in [0.3, 0.4) is 0 Å². The third kappa shape index (κ3) is 3.53. The maximum atomic E-state index is 10.7. The van der Waals surface area contributed by atoms with Crippen molar-refractivity contribution in [1.29, 1.82) is 10.5 Å². The second-order valence-electron chi connectivity index (χ2n) is 10.3. The van der Waals surface area contributed by atoms with Gasteiger partial charge >= 0.3 is 0 Å². The van der Waals surface area contributed by atoms with E-state index < -0.39 is 0 Å². The molecule has 0 bridgehead atoms. The van der Waals surface area contributed by atoms with Gasteiger partial charge in [0.25, 0.3) is 0 Å². The Balaban J connectivity index is 1.45. The number of hydrogen-bond donors (Lipinski definition) is 0. The summed E-state index contributed by atoms with van der Waals surface area (Å²) in [5, 5.41) is 25.2. The molecule has 0 radical (unpaired) electrons.